The maximum absolute atomic E-state index is 14.3. The quantitative estimate of drug-likeness (QED) is 0.0660. The summed E-state index contributed by atoms with van der Waals surface area (Å²) in [6.07, 6.45) is 2.12. The van der Waals surface area contributed by atoms with Crippen molar-refractivity contribution in [2.75, 3.05) is 31.7 Å². The van der Waals surface area contributed by atoms with Gasteiger partial charge in [-0.2, -0.15) is 11.8 Å². The number of aliphatic hydroxyl groups excluding tert-OH is 3. The summed E-state index contributed by atoms with van der Waals surface area (Å²) >= 11 is 1.67. The molecule has 0 aromatic rings. The van der Waals surface area contributed by atoms with Gasteiger partial charge in [-0.15, -0.1) is 0 Å². The summed E-state index contributed by atoms with van der Waals surface area (Å²) in [5.41, 5.74) is 6.96. The van der Waals surface area contributed by atoms with Gasteiger partial charge in [0.1, 0.15) is 30.5 Å². The minimum atomic E-state index is -2.76. The Labute approximate surface area is 364 Å². The van der Waals surface area contributed by atoms with E-state index in [2.05, 4.69) is 0 Å². The number of thioether (sulfide) groups is 1. The fourth-order valence-electron chi connectivity index (χ4n) is 9.55. The summed E-state index contributed by atoms with van der Waals surface area (Å²) in [6, 6.07) is -1.24. The van der Waals surface area contributed by atoms with Crippen molar-refractivity contribution in [3.63, 3.8) is 0 Å². The van der Waals surface area contributed by atoms with Gasteiger partial charge in [-0.05, 0) is 102 Å². The number of nitrogens with two attached hydrogens (primary N) is 1. The first kappa shape index (κ1) is 50.8. The Morgan fingerprint density at radius 1 is 0.967 bits per heavy atom. The minimum Gasteiger partial charge on any atom is -0.456 e. The Hall–Kier alpha value is -2.83. The molecule has 344 valence electrons. The largest absolute Gasteiger partial charge is 0.456 e. The van der Waals surface area contributed by atoms with Crippen LogP contribution in [0.2, 0.25) is 0 Å². The number of carbonyl (C=O) groups is 6. The number of nitrogens with zero attached hydrogens (tertiary/aromatic N) is 1. The smallest absolute Gasteiger partial charge is 0.329 e. The van der Waals surface area contributed by atoms with E-state index in [9.17, 15) is 49.2 Å². The van der Waals surface area contributed by atoms with Gasteiger partial charge in [-0.3, -0.25) is 14.4 Å². The van der Waals surface area contributed by atoms with Crippen LogP contribution in [-0.4, -0.2) is 141 Å². The number of hydrogen-bond acceptors (Lipinski definition) is 15. The van der Waals surface area contributed by atoms with Crippen molar-refractivity contribution in [1.82, 2.24) is 4.90 Å². The number of methoxy groups -OCH3 is 1. The fraction of sp³-hybridized carbons (Fsp3) is 0.778. The predicted molar refractivity (Wildman–Crippen MR) is 228 cm³/mol. The van der Waals surface area contributed by atoms with E-state index in [4.69, 9.17) is 19.9 Å². The molecule has 3 fully saturated rings. The summed E-state index contributed by atoms with van der Waals surface area (Å²) < 4.78 is 17.7. The molecule has 16 heteroatoms. The number of fused-ring (bicyclic) bond motifs is 3. The van der Waals surface area contributed by atoms with Gasteiger partial charge >= 0.3 is 5.97 Å². The number of Topliss-reactive ketones (excluding diaryl/α,β-unsaturated/α-hetero) is 2. The Kier molecular flexibility index (Phi) is 19.8. The third-order valence-electron chi connectivity index (χ3n) is 13.2. The number of piperidine rings is 1. The van der Waals surface area contributed by atoms with Crippen molar-refractivity contribution in [3.05, 3.63) is 23.3 Å². The second-order valence-electron chi connectivity index (χ2n) is 17.9. The van der Waals surface area contributed by atoms with Crippen LogP contribution in [0.3, 0.4) is 0 Å². The van der Waals surface area contributed by atoms with Crippen LogP contribution in [0.1, 0.15) is 105 Å². The maximum atomic E-state index is 14.3. The Morgan fingerprint density at radius 3 is 2.38 bits per heavy atom. The fourth-order valence-corrected chi connectivity index (χ4v) is 10.3. The molecular weight excluding hydrogens is 809 g/mol. The van der Waals surface area contributed by atoms with Crippen molar-refractivity contribution in [2.45, 2.75) is 153 Å². The van der Waals surface area contributed by atoms with E-state index < -0.39 is 95.7 Å². The highest BCUT2D eigenvalue weighted by molar-refractivity contribution is 7.99. The van der Waals surface area contributed by atoms with Crippen LogP contribution in [-0.2, 0) is 43.0 Å². The number of hydrogen-bond donors (Lipinski definition) is 5. The van der Waals surface area contributed by atoms with Crippen molar-refractivity contribution >= 4 is 47.8 Å². The molecule has 2 saturated heterocycles. The van der Waals surface area contributed by atoms with E-state index in [0.717, 1.165) is 16.4 Å². The van der Waals surface area contributed by atoms with Crippen LogP contribution in [0.5, 0.6) is 0 Å². The van der Waals surface area contributed by atoms with Crippen molar-refractivity contribution < 1.29 is 63.4 Å². The predicted octanol–water partition coefficient (Wildman–Crippen LogP) is 2.86. The van der Waals surface area contributed by atoms with Gasteiger partial charge in [-0.25, -0.2) is 4.79 Å². The normalized spacial score (nSPS) is 39.0. The van der Waals surface area contributed by atoms with E-state index >= 15 is 0 Å². The van der Waals surface area contributed by atoms with Crippen LogP contribution in [0.25, 0.3) is 0 Å². The first-order chi connectivity index (χ1) is 29.0. The van der Waals surface area contributed by atoms with Gasteiger partial charge in [0.05, 0.1) is 30.5 Å². The standard InChI is InChI=1S/C45H70N2O13S/c1-26-17-31(24-48)21-38(53)41-33(25-49)20-28(3)45(57,60-41)42(54)43(55)47-14-7-6-10-34(47)44(56)59-40(27(2)19-30-11-12-35(50)39(22-30)58-5)29(4)36(51)23-37(52)32(18-26)9-8-15-61-16-13-46/h18-19,24-25,28-36,38-41,50-51,53,57H,6-17,20-23,46H2,1-5H3/b26-18+,27-19+/t28-,29-,30+,31+,32-,33-,34+,35-,36+,38+,39-,40-,41+,45-/m1/s1. The summed E-state index contributed by atoms with van der Waals surface area (Å²) in [5.74, 6) is -9.19. The monoisotopic (exact) mass is 878 g/mol. The molecule has 0 radical (unpaired) electrons. The molecule has 4 rings (SSSR count). The zero-order valence-corrected chi connectivity index (χ0v) is 37.3. The molecule has 14 atom stereocenters. The van der Waals surface area contributed by atoms with E-state index in [-0.39, 0.29) is 50.4 Å². The number of aliphatic hydroxyl groups is 4. The van der Waals surface area contributed by atoms with Crippen molar-refractivity contribution in [3.8, 4) is 0 Å². The first-order valence-electron chi connectivity index (χ1n) is 22.1. The van der Waals surface area contributed by atoms with Gasteiger partial charge in [0, 0.05) is 62.0 Å². The van der Waals surface area contributed by atoms with Crippen LogP contribution >= 0.6 is 11.8 Å². The van der Waals surface area contributed by atoms with Crippen LogP contribution in [0.4, 0.5) is 0 Å². The zero-order valence-electron chi connectivity index (χ0n) is 36.5. The van der Waals surface area contributed by atoms with Gasteiger partial charge in [0.15, 0.2) is 0 Å². The van der Waals surface area contributed by atoms with E-state index in [1.165, 1.54) is 14.0 Å². The number of carbonyl (C=O) groups excluding carboxylic acids is 6. The summed E-state index contributed by atoms with van der Waals surface area (Å²) in [4.78, 5) is 82.6. The van der Waals surface area contributed by atoms with Crippen molar-refractivity contribution in [2.24, 2.45) is 41.2 Å². The minimum absolute atomic E-state index is 0.00766. The first-order valence-corrected chi connectivity index (χ1v) is 23.2. The summed E-state index contributed by atoms with van der Waals surface area (Å²) in [7, 11) is 1.54. The number of allylic oxidation sites excluding steroid dienone is 3. The van der Waals surface area contributed by atoms with Gasteiger partial charge in [-0.1, -0.05) is 31.6 Å². The average molecular weight is 879 g/mol. The third kappa shape index (κ3) is 13.1. The molecule has 61 heavy (non-hydrogen) atoms. The molecule has 3 heterocycles. The summed E-state index contributed by atoms with van der Waals surface area (Å²) in [5, 5.41) is 45.6. The third-order valence-corrected chi connectivity index (χ3v) is 14.3. The second kappa shape index (κ2) is 23.7. The molecule has 1 saturated carbocycles. The zero-order chi connectivity index (χ0) is 45.0. The number of ketones is 2. The Bertz CT molecular complexity index is 1590. The van der Waals surface area contributed by atoms with Crippen molar-refractivity contribution in [1.29, 1.82) is 0 Å². The van der Waals surface area contributed by atoms with Crippen LogP contribution in [0.15, 0.2) is 23.3 Å². The molecule has 6 N–H and O–H groups in total. The van der Waals surface area contributed by atoms with Gasteiger partial charge < -0.3 is 54.9 Å². The molecule has 0 aromatic carbocycles. The molecule has 0 aromatic heterocycles. The number of esters is 1. The summed E-state index contributed by atoms with van der Waals surface area (Å²) in [6.45, 7) is 7.21. The number of aldehydes is 2. The van der Waals surface area contributed by atoms with Gasteiger partial charge in [0.25, 0.3) is 11.7 Å². The highest BCUT2D eigenvalue weighted by atomic mass is 32.2. The van der Waals surface area contributed by atoms with Gasteiger partial charge in [0.2, 0.25) is 5.79 Å². The second-order valence-corrected chi connectivity index (χ2v) is 19.1. The molecule has 1 aliphatic carbocycles. The molecule has 1 amide bonds. The molecule has 4 aliphatic rings. The maximum Gasteiger partial charge on any atom is 0.329 e. The van der Waals surface area contributed by atoms with E-state index in [1.807, 2.05) is 6.08 Å². The SMILES string of the molecule is CO[C@@H]1C[C@H](/C=C(\C)[C@H]2OC(=O)[C@@H]3CCCCN3C(=O)C(=O)[C@]3(O)O[C@H]([C@@H](O)C[C@@H](C=O)C/C(C)=C/[C@@H](CCCSCCN)C(=O)C[C@H](O)[C@H]2C)[C@@H](C=O)C[C@H]3C)CC[C@H]1O. The van der Waals surface area contributed by atoms with E-state index in [0.29, 0.717) is 75.2 Å². The van der Waals surface area contributed by atoms with Crippen LogP contribution in [0, 0.1) is 35.5 Å². The lowest BCUT2D eigenvalue weighted by atomic mass is 9.78. The number of rotatable bonds is 11. The van der Waals surface area contributed by atoms with E-state index in [1.54, 1.807) is 38.6 Å². The lowest BCUT2D eigenvalue weighted by Gasteiger charge is -2.45. The molecular formula is C45H70N2O13S. The Morgan fingerprint density at radius 2 is 1.70 bits per heavy atom. The highest BCUT2D eigenvalue weighted by Gasteiger charge is 2.56. The average Bonchev–Trinajstić information content (AvgIpc) is 3.24. The number of cyclic esters (lactones) is 1. The molecule has 3 aliphatic heterocycles. The number of ether oxygens (including phenoxy) is 3. The highest BCUT2D eigenvalue weighted by Crippen LogP contribution is 2.40. The molecule has 0 unspecified atom stereocenters. The topological polar surface area (TPSA) is 240 Å². The molecule has 2 bridgehead atoms. The lowest BCUT2D eigenvalue weighted by Crippen LogP contribution is -2.63. The lowest BCUT2D eigenvalue weighted by molar-refractivity contribution is -0.286. The molecule has 0 spiro atoms. The Balaban J connectivity index is 1.78. The number of amides is 1. The molecule has 15 nitrogen and oxygen atoms in total. The van der Waals surface area contributed by atoms with Crippen LogP contribution < -0.4 is 5.73 Å².